The number of nitrogens with zero attached hydrogens (tertiary/aromatic N) is 3. The Balaban J connectivity index is 2.26. The molecule has 2 aromatic rings. The molecule has 4 nitrogen and oxygen atoms in total. The maximum Gasteiger partial charge on any atom is 0.172 e. The number of hydrogen-bond donors (Lipinski definition) is 0. The molecule has 0 unspecified atom stereocenters. The molecule has 0 radical (unpaired) electrons. The average molecular weight is 257 g/mol. The van der Waals surface area contributed by atoms with Crippen molar-refractivity contribution in [1.82, 2.24) is 15.0 Å². The monoisotopic (exact) mass is 257 g/mol. The lowest BCUT2D eigenvalue weighted by Crippen LogP contribution is -2.02. The van der Waals surface area contributed by atoms with E-state index in [1.165, 1.54) is 18.4 Å². The third kappa shape index (κ3) is 2.89. The predicted octanol–water partition coefficient (Wildman–Crippen LogP) is 2.98. The van der Waals surface area contributed by atoms with Gasteiger partial charge in [0, 0.05) is 0 Å². The van der Waals surface area contributed by atoms with E-state index in [-0.39, 0.29) is 0 Å². The lowest BCUT2D eigenvalue weighted by Gasteiger charge is -2.06. The summed E-state index contributed by atoms with van der Waals surface area (Å²) < 4.78 is 1.74. The summed E-state index contributed by atoms with van der Waals surface area (Å²) in [6.45, 7) is 4.19. The van der Waals surface area contributed by atoms with E-state index in [2.05, 4.69) is 29.4 Å². The highest BCUT2D eigenvalue weighted by atomic mass is 16.1. The van der Waals surface area contributed by atoms with Gasteiger partial charge in [-0.2, -0.15) is 0 Å². The molecular formula is C15H19N3O. The van der Waals surface area contributed by atoms with Crippen LogP contribution >= 0.6 is 0 Å². The Labute approximate surface area is 113 Å². The Morgan fingerprint density at radius 3 is 2.53 bits per heavy atom. The second kappa shape index (κ2) is 6.27. The smallest absolute Gasteiger partial charge is 0.172 e. The van der Waals surface area contributed by atoms with Crippen LogP contribution in [0.1, 0.15) is 48.4 Å². The Hall–Kier alpha value is -1.97. The van der Waals surface area contributed by atoms with Gasteiger partial charge in [-0.15, -0.1) is 5.10 Å². The molecule has 0 saturated heterocycles. The second-order valence-electron chi connectivity index (χ2n) is 4.57. The first kappa shape index (κ1) is 13.5. The third-order valence-electron chi connectivity index (χ3n) is 3.24. The molecule has 0 bridgehead atoms. The minimum atomic E-state index is 0.428. The number of rotatable bonds is 6. The summed E-state index contributed by atoms with van der Waals surface area (Å²) in [4.78, 5) is 10.9. The van der Waals surface area contributed by atoms with Gasteiger partial charge in [-0.05, 0) is 37.0 Å². The van der Waals surface area contributed by atoms with Crippen molar-refractivity contribution < 1.29 is 4.79 Å². The minimum Gasteiger partial charge on any atom is -0.296 e. The van der Waals surface area contributed by atoms with Gasteiger partial charge >= 0.3 is 0 Å². The molecule has 0 fully saturated rings. The van der Waals surface area contributed by atoms with Gasteiger partial charge in [-0.25, -0.2) is 4.68 Å². The maximum atomic E-state index is 10.9. The van der Waals surface area contributed by atoms with Crippen molar-refractivity contribution in [3.05, 3.63) is 41.2 Å². The average Bonchev–Trinajstić information content (AvgIpc) is 2.88. The van der Waals surface area contributed by atoms with Crippen LogP contribution in [-0.4, -0.2) is 21.3 Å². The molecule has 0 spiro atoms. The highest BCUT2D eigenvalue weighted by Crippen LogP contribution is 2.14. The van der Waals surface area contributed by atoms with Gasteiger partial charge in [-0.1, -0.05) is 37.6 Å². The number of carbonyl (C=O) groups excluding carboxylic acids is 1. The zero-order valence-corrected chi connectivity index (χ0v) is 11.5. The molecular weight excluding hydrogens is 238 g/mol. The molecule has 0 amide bonds. The summed E-state index contributed by atoms with van der Waals surface area (Å²) in [5.41, 5.74) is 3.57. The van der Waals surface area contributed by atoms with Crippen molar-refractivity contribution in [3.63, 3.8) is 0 Å². The van der Waals surface area contributed by atoms with Crippen LogP contribution in [-0.2, 0) is 12.8 Å². The molecule has 19 heavy (non-hydrogen) atoms. The van der Waals surface area contributed by atoms with Crippen LogP contribution < -0.4 is 0 Å². The third-order valence-corrected chi connectivity index (χ3v) is 3.24. The van der Waals surface area contributed by atoms with E-state index in [1.54, 1.807) is 4.68 Å². The van der Waals surface area contributed by atoms with E-state index in [1.807, 2.05) is 19.1 Å². The Morgan fingerprint density at radius 2 is 1.95 bits per heavy atom. The summed E-state index contributed by atoms with van der Waals surface area (Å²) in [7, 11) is 0. The van der Waals surface area contributed by atoms with Crippen LogP contribution in [0.3, 0.4) is 0 Å². The van der Waals surface area contributed by atoms with Crippen LogP contribution in [0.5, 0.6) is 0 Å². The van der Waals surface area contributed by atoms with Crippen molar-refractivity contribution in [1.29, 1.82) is 0 Å². The summed E-state index contributed by atoms with van der Waals surface area (Å²) in [5, 5.41) is 7.95. The topological polar surface area (TPSA) is 47.8 Å². The van der Waals surface area contributed by atoms with Crippen molar-refractivity contribution in [2.24, 2.45) is 0 Å². The molecule has 1 heterocycles. The zero-order chi connectivity index (χ0) is 13.7. The SMILES string of the molecule is CCCCc1ccc(-n2nnc(C=O)c2CC)cc1. The van der Waals surface area contributed by atoms with Crippen molar-refractivity contribution >= 4 is 6.29 Å². The minimum absolute atomic E-state index is 0.428. The molecule has 0 aliphatic rings. The van der Waals surface area contributed by atoms with E-state index < -0.39 is 0 Å². The largest absolute Gasteiger partial charge is 0.296 e. The van der Waals surface area contributed by atoms with E-state index >= 15 is 0 Å². The van der Waals surface area contributed by atoms with Gasteiger partial charge in [-0.3, -0.25) is 4.79 Å². The highest BCUT2D eigenvalue weighted by Gasteiger charge is 2.11. The summed E-state index contributed by atoms with van der Waals surface area (Å²) >= 11 is 0. The number of benzene rings is 1. The Morgan fingerprint density at radius 1 is 1.21 bits per heavy atom. The zero-order valence-electron chi connectivity index (χ0n) is 11.5. The lowest BCUT2D eigenvalue weighted by atomic mass is 10.1. The van der Waals surface area contributed by atoms with Crippen molar-refractivity contribution in [2.45, 2.75) is 39.5 Å². The number of hydrogen-bond acceptors (Lipinski definition) is 3. The summed E-state index contributed by atoms with van der Waals surface area (Å²) in [6.07, 6.45) is 5.01. The second-order valence-corrected chi connectivity index (χ2v) is 4.57. The molecule has 0 N–H and O–H groups in total. The summed E-state index contributed by atoms with van der Waals surface area (Å²) in [6, 6.07) is 8.31. The maximum absolute atomic E-state index is 10.9. The van der Waals surface area contributed by atoms with E-state index in [0.29, 0.717) is 5.69 Å². The Bertz CT molecular complexity index is 543. The molecule has 4 heteroatoms. The van der Waals surface area contributed by atoms with Gasteiger partial charge < -0.3 is 0 Å². The van der Waals surface area contributed by atoms with Crippen molar-refractivity contribution in [3.8, 4) is 5.69 Å². The van der Waals surface area contributed by atoms with Crippen LogP contribution in [0.2, 0.25) is 0 Å². The first-order valence-electron chi connectivity index (χ1n) is 6.79. The summed E-state index contributed by atoms with van der Waals surface area (Å²) in [5.74, 6) is 0. The van der Waals surface area contributed by atoms with Crippen LogP contribution in [0.25, 0.3) is 5.69 Å². The molecule has 0 atom stereocenters. The van der Waals surface area contributed by atoms with E-state index in [9.17, 15) is 4.79 Å². The van der Waals surface area contributed by atoms with Gasteiger partial charge in [0.25, 0.3) is 0 Å². The standard InChI is InChI=1S/C15H19N3O/c1-3-5-6-12-7-9-13(10-8-12)18-15(4-2)14(11-19)16-17-18/h7-11H,3-6H2,1-2H3. The number of unbranched alkanes of at least 4 members (excludes halogenated alkanes) is 1. The molecule has 0 saturated carbocycles. The first-order valence-corrected chi connectivity index (χ1v) is 6.79. The predicted molar refractivity (Wildman–Crippen MR) is 74.7 cm³/mol. The fraction of sp³-hybridized carbons (Fsp3) is 0.400. The number of aldehydes is 1. The highest BCUT2D eigenvalue weighted by molar-refractivity contribution is 5.73. The lowest BCUT2D eigenvalue weighted by molar-refractivity contribution is 0.111. The Kier molecular flexibility index (Phi) is 4.44. The molecule has 100 valence electrons. The van der Waals surface area contributed by atoms with E-state index in [4.69, 9.17) is 0 Å². The number of carbonyl (C=O) groups is 1. The first-order chi connectivity index (χ1) is 9.30. The fourth-order valence-electron chi connectivity index (χ4n) is 2.13. The van der Waals surface area contributed by atoms with Crippen LogP contribution in [0.4, 0.5) is 0 Å². The van der Waals surface area contributed by atoms with Crippen LogP contribution in [0.15, 0.2) is 24.3 Å². The quantitative estimate of drug-likeness (QED) is 0.747. The molecule has 1 aromatic carbocycles. The molecule has 0 aliphatic carbocycles. The molecule has 0 aliphatic heterocycles. The van der Waals surface area contributed by atoms with E-state index in [0.717, 1.165) is 30.5 Å². The van der Waals surface area contributed by atoms with Gasteiger partial charge in [0.1, 0.15) is 5.69 Å². The number of aryl methyl sites for hydroxylation is 1. The van der Waals surface area contributed by atoms with Gasteiger partial charge in [0.2, 0.25) is 0 Å². The van der Waals surface area contributed by atoms with Gasteiger partial charge in [0.05, 0.1) is 11.4 Å². The van der Waals surface area contributed by atoms with Crippen molar-refractivity contribution in [2.75, 3.05) is 0 Å². The van der Waals surface area contributed by atoms with Gasteiger partial charge in [0.15, 0.2) is 6.29 Å². The van der Waals surface area contributed by atoms with Crippen LogP contribution in [0, 0.1) is 0 Å². The molecule has 1 aromatic heterocycles. The normalized spacial score (nSPS) is 10.6. The number of aromatic nitrogens is 3. The fourth-order valence-corrected chi connectivity index (χ4v) is 2.13. The molecule has 2 rings (SSSR count).